The van der Waals surface area contributed by atoms with Crippen molar-refractivity contribution in [2.45, 2.75) is 25.1 Å². The number of rotatable bonds is 3. The summed E-state index contributed by atoms with van der Waals surface area (Å²) in [6, 6.07) is 8.39. The largest absolute Gasteiger partial charge is 0.416 e. The molecule has 1 unspecified atom stereocenters. The van der Waals surface area contributed by atoms with Gasteiger partial charge >= 0.3 is 6.18 Å². The second-order valence-corrected chi connectivity index (χ2v) is 8.44. The molecule has 2 saturated heterocycles. The second-order valence-electron chi connectivity index (χ2n) is 7.49. The number of thiophene rings is 1. The van der Waals surface area contributed by atoms with Crippen LogP contribution in [-0.2, 0) is 11.0 Å². The topological polar surface area (TPSA) is 43.9 Å². The summed E-state index contributed by atoms with van der Waals surface area (Å²) in [6.07, 6.45) is -2.95. The van der Waals surface area contributed by atoms with E-state index in [0.717, 1.165) is 18.6 Å². The van der Waals surface area contributed by atoms with Gasteiger partial charge in [-0.1, -0.05) is 12.1 Å². The molecular weight excluding hydrogens is 415 g/mol. The molecule has 9 heteroatoms. The number of hydrogen-bond acceptors (Lipinski definition) is 4. The molecule has 5 nitrogen and oxygen atoms in total. The standard InChI is InChI=1S/C21H22F3N3O2S/c22-21(23,24)15-4-1-5-16(14-15)25-9-11-26(12-10-25)19(28)17-6-2-8-27(17)20(29)18-7-3-13-30-18/h1,3-5,7,13-14,17H,2,6,8-12H2. The van der Waals surface area contributed by atoms with E-state index in [-0.39, 0.29) is 11.8 Å². The van der Waals surface area contributed by atoms with Gasteiger partial charge in [0.2, 0.25) is 5.91 Å². The van der Waals surface area contributed by atoms with Crippen LogP contribution in [0.15, 0.2) is 41.8 Å². The number of halogens is 3. The molecule has 30 heavy (non-hydrogen) atoms. The van der Waals surface area contributed by atoms with Crippen LogP contribution < -0.4 is 4.90 Å². The van der Waals surface area contributed by atoms with Gasteiger partial charge in [-0.05, 0) is 42.5 Å². The minimum absolute atomic E-state index is 0.0684. The summed E-state index contributed by atoms with van der Waals surface area (Å²) in [6.45, 7) is 2.33. The molecule has 0 radical (unpaired) electrons. The van der Waals surface area contributed by atoms with Gasteiger partial charge in [-0.25, -0.2) is 0 Å². The van der Waals surface area contributed by atoms with Crippen molar-refractivity contribution in [3.05, 3.63) is 52.2 Å². The number of carbonyl (C=O) groups is 2. The Kier molecular flexibility index (Phi) is 5.73. The normalized spacial score (nSPS) is 20.0. The van der Waals surface area contributed by atoms with Crippen molar-refractivity contribution in [3.8, 4) is 0 Å². The Morgan fingerprint density at radius 2 is 1.77 bits per heavy atom. The van der Waals surface area contributed by atoms with Crippen LogP contribution >= 0.6 is 11.3 Å². The molecule has 0 saturated carbocycles. The van der Waals surface area contributed by atoms with E-state index in [1.165, 1.54) is 17.4 Å². The van der Waals surface area contributed by atoms with Crippen LogP contribution in [0.1, 0.15) is 28.1 Å². The van der Waals surface area contributed by atoms with E-state index in [9.17, 15) is 22.8 Å². The number of likely N-dealkylation sites (tertiary alicyclic amines) is 1. The van der Waals surface area contributed by atoms with Crippen molar-refractivity contribution in [1.29, 1.82) is 0 Å². The first kappa shape index (κ1) is 20.7. The maximum atomic E-state index is 13.1. The van der Waals surface area contributed by atoms with Crippen molar-refractivity contribution >= 4 is 28.8 Å². The van der Waals surface area contributed by atoms with Crippen LogP contribution in [0.25, 0.3) is 0 Å². The zero-order valence-corrected chi connectivity index (χ0v) is 17.1. The third-order valence-electron chi connectivity index (χ3n) is 5.66. The van der Waals surface area contributed by atoms with Gasteiger partial charge in [0.1, 0.15) is 6.04 Å². The van der Waals surface area contributed by atoms with Gasteiger partial charge in [0.25, 0.3) is 5.91 Å². The number of nitrogens with zero attached hydrogens (tertiary/aromatic N) is 3. The molecule has 2 aromatic rings. The fourth-order valence-electron chi connectivity index (χ4n) is 4.08. The van der Waals surface area contributed by atoms with E-state index in [1.807, 2.05) is 16.3 Å². The number of benzene rings is 1. The first-order chi connectivity index (χ1) is 14.3. The van der Waals surface area contributed by atoms with Gasteiger partial charge in [-0.3, -0.25) is 9.59 Å². The molecule has 1 aromatic carbocycles. The Morgan fingerprint density at radius 3 is 2.43 bits per heavy atom. The zero-order valence-electron chi connectivity index (χ0n) is 16.3. The van der Waals surface area contributed by atoms with Crippen molar-refractivity contribution < 1.29 is 22.8 Å². The smallest absolute Gasteiger partial charge is 0.368 e. The predicted molar refractivity (Wildman–Crippen MR) is 109 cm³/mol. The highest BCUT2D eigenvalue weighted by molar-refractivity contribution is 7.12. The van der Waals surface area contributed by atoms with Crippen LogP contribution in [0.5, 0.6) is 0 Å². The van der Waals surface area contributed by atoms with E-state index in [2.05, 4.69) is 0 Å². The van der Waals surface area contributed by atoms with E-state index >= 15 is 0 Å². The average Bonchev–Trinajstić information content (AvgIpc) is 3.44. The van der Waals surface area contributed by atoms with E-state index < -0.39 is 17.8 Å². The molecule has 0 spiro atoms. The fraction of sp³-hybridized carbons (Fsp3) is 0.429. The van der Waals surface area contributed by atoms with Crippen LogP contribution in [0, 0.1) is 0 Å². The first-order valence-corrected chi connectivity index (χ1v) is 10.8. The summed E-state index contributed by atoms with van der Waals surface area (Å²) >= 11 is 1.37. The quantitative estimate of drug-likeness (QED) is 0.735. The number of amides is 2. The van der Waals surface area contributed by atoms with Gasteiger partial charge in [0.05, 0.1) is 10.4 Å². The highest BCUT2D eigenvalue weighted by Crippen LogP contribution is 2.32. The predicted octanol–water partition coefficient (Wildman–Crippen LogP) is 3.72. The lowest BCUT2D eigenvalue weighted by atomic mass is 10.1. The van der Waals surface area contributed by atoms with Crippen molar-refractivity contribution in [2.75, 3.05) is 37.6 Å². The van der Waals surface area contributed by atoms with Crippen molar-refractivity contribution in [2.24, 2.45) is 0 Å². The second kappa shape index (κ2) is 8.29. The van der Waals surface area contributed by atoms with Crippen molar-refractivity contribution in [3.63, 3.8) is 0 Å². The van der Waals surface area contributed by atoms with Crippen LogP contribution in [0.4, 0.5) is 18.9 Å². The Labute approximate surface area is 176 Å². The summed E-state index contributed by atoms with van der Waals surface area (Å²) in [5.74, 6) is -0.176. The molecule has 0 aliphatic carbocycles. The number of carbonyl (C=O) groups excluding carboxylic acids is 2. The number of alkyl halides is 3. The Morgan fingerprint density at radius 1 is 1.00 bits per heavy atom. The summed E-state index contributed by atoms with van der Waals surface area (Å²) < 4.78 is 38.9. The van der Waals surface area contributed by atoms with Gasteiger partial charge < -0.3 is 14.7 Å². The fourth-order valence-corrected chi connectivity index (χ4v) is 4.76. The molecule has 2 aliphatic heterocycles. The number of piperazine rings is 1. The summed E-state index contributed by atoms with van der Waals surface area (Å²) in [5.41, 5.74) is -0.167. The molecule has 0 N–H and O–H groups in total. The Balaban J connectivity index is 1.39. The minimum Gasteiger partial charge on any atom is -0.368 e. The maximum Gasteiger partial charge on any atom is 0.416 e. The highest BCUT2D eigenvalue weighted by atomic mass is 32.1. The lowest BCUT2D eigenvalue weighted by molar-refractivity contribution is -0.137. The van der Waals surface area contributed by atoms with Gasteiger partial charge in [0.15, 0.2) is 0 Å². The van der Waals surface area contributed by atoms with E-state index in [4.69, 9.17) is 0 Å². The lowest BCUT2D eigenvalue weighted by Gasteiger charge is -2.38. The molecule has 2 fully saturated rings. The molecule has 0 bridgehead atoms. The minimum atomic E-state index is -4.38. The maximum absolute atomic E-state index is 13.1. The molecule has 160 valence electrons. The number of hydrogen-bond donors (Lipinski definition) is 0. The molecule has 4 rings (SSSR count). The SMILES string of the molecule is O=C(C1CCCN1C(=O)c1cccs1)N1CCN(c2cccc(C(F)(F)F)c2)CC1. The van der Waals surface area contributed by atoms with Crippen LogP contribution in [0.2, 0.25) is 0 Å². The summed E-state index contributed by atoms with van der Waals surface area (Å²) in [5, 5.41) is 1.84. The van der Waals surface area contributed by atoms with E-state index in [0.29, 0.717) is 49.7 Å². The lowest BCUT2D eigenvalue weighted by Crippen LogP contribution is -2.54. The molecule has 2 aliphatic rings. The molecule has 2 amide bonds. The van der Waals surface area contributed by atoms with Crippen LogP contribution in [-0.4, -0.2) is 60.4 Å². The Hall–Kier alpha value is -2.55. The molecule has 1 aromatic heterocycles. The Bertz CT molecular complexity index is 908. The highest BCUT2D eigenvalue weighted by Gasteiger charge is 2.38. The third kappa shape index (κ3) is 4.16. The first-order valence-electron chi connectivity index (χ1n) is 9.90. The van der Waals surface area contributed by atoms with Crippen LogP contribution in [0.3, 0.4) is 0 Å². The molecule has 1 atom stereocenters. The van der Waals surface area contributed by atoms with Gasteiger partial charge in [-0.2, -0.15) is 13.2 Å². The number of anilines is 1. The van der Waals surface area contributed by atoms with E-state index in [1.54, 1.807) is 21.9 Å². The third-order valence-corrected chi connectivity index (χ3v) is 6.52. The zero-order chi connectivity index (χ0) is 21.3. The van der Waals surface area contributed by atoms with Gasteiger partial charge in [0, 0.05) is 38.4 Å². The average molecular weight is 437 g/mol. The van der Waals surface area contributed by atoms with Gasteiger partial charge in [-0.15, -0.1) is 11.3 Å². The monoisotopic (exact) mass is 437 g/mol. The summed E-state index contributed by atoms with van der Waals surface area (Å²) in [7, 11) is 0. The molecular formula is C21H22F3N3O2S. The molecule has 3 heterocycles. The summed E-state index contributed by atoms with van der Waals surface area (Å²) in [4.78, 5) is 31.7. The van der Waals surface area contributed by atoms with Crippen molar-refractivity contribution in [1.82, 2.24) is 9.80 Å².